The molecule has 0 bridgehead atoms. The average Bonchev–Trinajstić information content (AvgIpc) is 3.19. The summed E-state index contributed by atoms with van der Waals surface area (Å²) in [6.07, 6.45) is 6.90. The number of esters is 1. The van der Waals surface area contributed by atoms with E-state index in [4.69, 9.17) is 9.15 Å². The second-order valence-corrected chi connectivity index (χ2v) is 10.6. The summed E-state index contributed by atoms with van der Waals surface area (Å²) in [4.78, 5) is 30.4. The van der Waals surface area contributed by atoms with Gasteiger partial charge in [0.1, 0.15) is 23.8 Å². The number of carbonyl (C=O) groups excluding carboxylic acids is 2. The highest BCUT2D eigenvalue weighted by molar-refractivity contribution is 5.88. The Hall–Kier alpha value is -2.51. The summed E-state index contributed by atoms with van der Waals surface area (Å²) < 4.78 is 11.1. The molecule has 0 aromatic carbocycles. The fourth-order valence-electron chi connectivity index (χ4n) is 4.54. The molecular formula is C28H41NO6. The Balaban J connectivity index is 2.45. The molecule has 0 amide bonds. The van der Waals surface area contributed by atoms with E-state index in [1.807, 2.05) is 52.0 Å². The molecule has 7 nitrogen and oxygen atoms in total. The van der Waals surface area contributed by atoms with Crippen LogP contribution in [0.2, 0.25) is 0 Å². The lowest BCUT2D eigenvalue weighted by molar-refractivity contribution is -0.155. The van der Waals surface area contributed by atoms with Crippen LogP contribution in [0.3, 0.4) is 0 Å². The highest BCUT2D eigenvalue weighted by atomic mass is 16.5. The predicted octanol–water partition coefficient (Wildman–Crippen LogP) is 4.82. The number of aromatic nitrogens is 1. The standard InChI is InChI=1S/C28H41NO6/c1-16-10-9-11-17(2)25(32)20(5)27(33)28(7,8)23(30)14-24(31)35-26(18(3)12-16)19(4)13-22-15-34-21(6)29-22/h9-10,12-13,15,17-18,20,23,25-26,30,32H,11,14H2,1-8H3/b10-9?,16-12?,19-13+/t17-,18-,20+,23-,25-,26-/m0/s1. The molecule has 2 heterocycles. The van der Waals surface area contributed by atoms with Crippen LogP contribution in [0.25, 0.3) is 6.08 Å². The van der Waals surface area contributed by atoms with E-state index in [1.54, 1.807) is 34.0 Å². The van der Waals surface area contributed by atoms with Gasteiger partial charge in [-0.25, -0.2) is 4.98 Å². The van der Waals surface area contributed by atoms with Gasteiger partial charge < -0.3 is 19.4 Å². The Morgan fingerprint density at radius 3 is 2.43 bits per heavy atom. The number of aliphatic hydroxyl groups excluding tert-OH is 2. The number of cyclic esters (lactones) is 1. The molecule has 2 rings (SSSR count). The van der Waals surface area contributed by atoms with Crippen molar-refractivity contribution in [1.82, 2.24) is 4.98 Å². The largest absolute Gasteiger partial charge is 0.457 e. The van der Waals surface area contributed by atoms with E-state index in [2.05, 4.69) is 4.98 Å². The number of oxazole rings is 1. The Kier molecular flexibility index (Phi) is 9.81. The van der Waals surface area contributed by atoms with Crippen molar-refractivity contribution in [3.8, 4) is 0 Å². The van der Waals surface area contributed by atoms with Crippen LogP contribution in [-0.2, 0) is 14.3 Å². The van der Waals surface area contributed by atoms with Crippen LogP contribution in [-0.4, -0.2) is 45.3 Å². The van der Waals surface area contributed by atoms with E-state index in [0.717, 1.165) is 11.1 Å². The molecule has 0 spiro atoms. The fraction of sp³-hybridized carbons (Fsp3) is 0.607. The third-order valence-corrected chi connectivity index (χ3v) is 6.95. The smallest absolute Gasteiger partial charge is 0.309 e. The van der Waals surface area contributed by atoms with Crippen LogP contribution in [0.4, 0.5) is 0 Å². The van der Waals surface area contributed by atoms with Gasteiger partial charge in [0.15, 0.2) is 5.89 Å². The lowest BCUT2D eigenvalue weighted by Gasteiger charge is -2.34. The highest BCUT2D eigenvalue weighted by Gasteiger charge is 2.42. The van der Waals surface area contributed by atoms with Gasteiger partial charge in [0, 0.05) is 18.8 Å². The van der Waals surface area contributed by atoms with E-state index in [-0.39, 0.29) is 24.0 Å². The van der Waals surface area contributed by atoms with Gasteiger partial charge in [-0.05, 0) is 37.8 Å². The number of aryl methyl sites for hydroxylation is 1. The SMILES string of the molecule is CC1=C[C@H](C)[C@@H](/C(C)=C/c2coc(C)n2)OC(=O)C[C@H](O)C(C)(C)C(=O)[C@H](C)[C@@H](O)[C@@H](C)CC=C1. The Bertz CT molecular complexity index is 985. The number of ketones is 1. The molecule has 1 aromatic heterocycles. The van der Waals surface area contributed by atoms with Crippen molar-refractivity contribution in [2.45, 2.75) is 86.5 Å². The molecule has 194 valence electrons. The first-order chi connectivity index (χ1) is 16.2. The molecule has 7 heteroatoms. The van der Waals surface area contributed by atoms with Crippen LogP contribution < -0.4 is 0 Å². The average molecular weight is 488 g/mol. The maximum absolute atomic E-state index is 13.2. The second-order valence-electron chi connectivity index (χ2n) is 10.6. The number of allylic oxidation sites excluding steroid dienone is 3. The number of aliphatic hydroxyl groups is 2. The van der Waals surface area contributed by atoms with Crippen molar-refractivity contribution in [3.05, 3.63) is 47.2 Å². The van der Waals surface area contributed by atoms with Gasteiger partial charge in [-0.1, -0.05) is 58.4 Å². The molecule has 2 N–H and O–H groups in total. The Morgan fingerprint density at radius 2 is 1.83 bits per heavy atom. The van der Waals surface area contributed by atoms with E-state index in [1.165, 1.54) is 0 Å². The zero-order chi connectivity index (χ0) is 26.5. The summed E-state index contributed by atoms with van der Waals surface area (Å²) in [5.41, 5.74) is 1.17. The molecule has 0 radical (unpaired) electrons. The Morgan fingerprint density at radius 1 is 1.17 bits per heavy atom. The van der Waals surface area contributed by atoms with Crippen LogP contribution in [0, 0.1) is 30.1 Å². The summed E-state index contributed by atoms with van der Waals surface area (Å²) in [7, 11) is 0. The first-order valence-corrected chi connectivity index (χ1v) is 12.3. The van der Waals surface area contributed by atoms with Crippen molar-refractivity contribution in [2.24, 2.45) is 23.2 Å². The number of Topliss-reactive ketones (excluding diaryl/α,β-unsaturated/α-hetero) is 1. The van der Waals surface area contributed by atoms with Gasteiger partial charge in [-0.15, -0.1) is 0 Å². The molecule has 0 saturated heterocycles. The number of hydrogen-bond acceptors (Lipinski definition) is 7. The number of rotatable bonds is 2. The van der Waals surface area contributed by atoms with Gasteiger partial charge in [0.25, 0.3) is 0 Å². The number of hydrogen-bond donors (Lipinski definition) is 2. The molecule has 35 heavy (non-hydrogen) atoms. The minimum absolute atomic E-state index is 0.148. The first-order valence-electron chi connectivity index (χ1n) is 12.3. The molecule has 1 aliphatic rings. The lowest BCUT2D eigenvalue weighted by atomic mass is 9.73. The summed E-state index contributed by atoms with van der Waals surface area (Å²) in [6.45, 7) is 14.3. The van der Waals surface area contributed by atoms with Gasteiger partial charge >= 0.3 is 5.97 Å². The zero-order valence-electron chi connectivity index (χ0n) is 22.2. The van der Waals surface area contributed by atoms with E-state index in [9.17, 15) is 19.8 Å². The van der Waals surface area contributed by atoms with E-state index < -0.39 is 35.6 Å². The third kappa shape index (κ3) is 7.48. The normalized spacial score (nSPS) is 31.7. The van der Waals surface area contributed by atoms with E-state index >= 15 is 0 Å². The summed E-state index contributed by atoms with van der Waals surface area (Å²) in [6, 6.07) is 0. The topological polar surface area (TPSA) is 110 Å². The fourth-order valence-corrected chi connectivity index (χ4v) is 4.54. The van der Waals surface area contributed by atoms with Gasteiger partial charge in [-0.3, -0.25) is 9.59 Å². The van der Waals surface area contributed by atoms with Crippen LogP contribution in [0.15, 0.2) is 40.1 Å². The van der Waals surface area contributed by atoms with Gasteiger partial charge in [0.05, 0.1) is 24.0 Å². The van der Waals surface area contributed by atoms with E-state index in [0.29, 0.717) is 18.0 Å². The van der Waals surface area contributed by atoms with Crippen molar-refractivity contribution < 1.29 is 29.0 Å². The molecule has 1 aromatic rings. The number of ether oxygens (including phenoxy) is 1. The van der Waals surface area contributed by atoms with Gasteiger partial charge in [-0.2, -0.15) is 0 Å². The van der Waals surface area contributed by atoms with Crippen LogP contribution >= 0.6 is 0 Å². The van der Waals surface area contributed by atoms with Gasteiger partial charge in [0.2, 0.25) is 0 Å². The number of carbonyl (C=O) groups is 2. The molecule has 1 aliphatic heterocycles. The third-order valence-electron chi connectivity index (χ3n) is 6.95. The monoisotopic (exact) mass is 487 g/mol. The van der Waals surface area contributed by atoms with Crippen molar-refractivity contribution in [2.75, 3.05) is 0 Å². The molecule has 0 fully saturated rings. The lowest BCUT2D eigenvalue weighted by Crippen LogP contribution is -2.45. The zero-order valence-corrected chi connectivity index (χ0v) is 22.2. The Labute approximate surface area is 209 Å². The summed E-state index contributed by atoms with van der Waals surface area (Å²) >= 11 is 0. The molecule has 0 unspecified atom stereocenters. The van der Waals surface area contributed by atoms with Crippen molar-refractivity contribution in [3.63, 3.8) is 0 Å². The minimum atomic E-state index is -1.25. The summed E-state index contributed by atoms with van der Waals surface area (Å²) in [5.74, 6) is -1.36. The van der Waals surface area contributed by atoms with Crippen molar-refractivity contribution in [1.29, 1.82) is 0 Å². The predicted molar refractivity (Wildman–Crippen MR) is 135 cm³/mol. The van der Waals surface area contributed by atoms with Crippen molar-refractivity contribution >= 4 is 17.8 Å². The van der Waals surface area contributed by atoms with Crippen LogP contribution in [0.1, 0.15) is 72.9 Å². The molecule has 6 atom stereocenters. The maximum Gasteiger partial charge on any atom is 0.309 e. The maximum atomic E-state index is 13.2. The first kappa shape index (κ1) is 28.7. The highest BCUT2D eigenvalue weighted by Crippen LogP contribution is 2.32. The number of nitrogens with zero attached hydrogens (tertiary/aromatic N) is 1. The molecule has 0 saturated carbocycles. The minimum Gasteiger partial charge on any atom is -0.457 e. The molecule has 0 aliphatic carbocycles. The second kappa shape index (κ2) is 12.0. The molecular weight excluding hydrogens is 446 g/mol. The summed E-state index contributed by atoms with van der Waals surface area (Å²) in [5, 5.41) is 21.6. The quantitative estimate of drug-likeness (QED) is 0.576. The van der Waals surface area contributed by atoms with Crippen LogP contribution in [0.5, 0.6) is 0 Å².